The highest BCUT2D eigenvalue weighted by molar-refractivity contribution is 5.69. The van der Waals surface area contributed by atoms with Gasteiger partial charge in [-0.3, -0.25) is 4.79 Å². The predicted molar refractivity (Wildman–Crippen MR) is 74.8 cm³/mol. The molecule has 0 radical (unpaired) electrons. The lowest BCUT2D eigenvalue weighted by atomic mass is 10.0. The van der Waals surface area contributed by atoms with Gasteiger partial charge in [-0.05, 0) is 26.8 Å². The smallest absolute Gasteiger partial charge is 0.435 e. The van der Waals surface area contributed by atoms with Crippen molar-refractivity contribution in [3.8, 4) is 0 Å². The summed E-state index contributed by atoms with van der Waals surface area (Å²) in [6, 6.07) is 1.51. The summed E-state index contributed by atoms with van der Waals surface area (Å²) in [5.74, 6) is -0.129. The van der Waals surface area contributed by atoms with E-state index in [1.54, 1.807) is 20.8 Å². The molecule has 2 rings (SSSR count). The topological polar surface area (TPSA) is 64.4 Å². The molecule has 1 fully saturated rings. The first-order valence-electron chi connectivity index (χ1n) is 7.09. The van der Waals surface area contributed by atoms with Crippen molar-refractivity contribution < 1.29 is 22.7 Å². The SMILES string of the molecule is CC(C)(C)OC(=O)N1CC(Cn2nc(C(F)(F)F)ccc2=O)C1. The van der Waals surface area contributed by atoms with Crippen LogP contribution in [0.1, 0.15) is 26.5 Å². The molecule has 128 valence electrons. The van der Waals surface area contributed by atoms with Crippen LogP contribution < -0.4 is 5.56 Å². The van der Waals surface area contributed by atoms with Gasteiger partial charge in [0.1, 0.15) is 5.60 Å². The zero-order valence-corrected chi connectivity index (χ0v) is 13.1. The molecule has 0 aliphatic carbocycles. The third kappa shape index (κ3) is 4.46. The quantitative estimate of drug-likeness (QED) is 0.832. The largest absolute Gasteiger partial charge is 0.444 e. The van der Waals surface area contributed by atoms with Gasteiger partial charge in [0.15, 0.2) is 5.69 Å². The first kappa shape index (κ1) is 17.3. The van der Waals surface area contributed by atoms with E-state index in [9.17, 15) is 22.8 Å². The van der Waals surface area contributed by atoms with E-state index in [-0.39, 0.29) is 12.5 Å². The number of aromatic nitrogens is 2. The van der Waals surface area contributed by atoms with Crippen molar-refractivity contribution in [3.63, 3.8) is 0 Å². The molecular formula is C14H18F3N3O3. The lowest BCUT2D eigenvalue weighted by Gasteiger charge is -2.39. The monoisotopic (exact) mass is 333 g/mol. The molecule has 6 nitrogen and oxygen atoms in total. The number of amides is 1. The van der Waals surface area contributed by atoms with Gasteiger partial charge in [0, 0.05) is 25.1 Å². The molecule has 0 unspecified atom stereocenters. The first-order chi connectivity index (χ1) is 10.5. The van der Waals surface area contributed by atoms with Gasteiger partial charge in [-0.25, -0.2) is 9.48 Å². The molecule has 23 heavy (non-hydrogen) atoms. The van der Waals surface area contributed by atoms with E-state index in [2.05, 4.69) is 5.10 Å². The molecule has 0 aromatic carbocycles. The molecule has 0 saturated carbocycles. The number of likely N-dealkylation sites (tertiary alicyclic amines) is 1. The Kier molecular flexibility index (Phi) is 4.41. The summed E-state index contributed by atoms with van der Waals surface area (Å²) < 4.78 is 43.8. The number of nitrogens with zero attached hydrogens (tertiary/aromatic N) is 3. The lowest BCUT2D eigenvalue weighted by molar-refractivity contribution is -0.142. The van der Waals surface area contributed by atoms with Crippen LogP contribution in [0.2, 0.25) is 0 Å². The summed E-state index contributed by atoms with van der Waals surface area (Å²) in [6.07, 6.45) is -5.07. The minimum atomic E-state index is -4.60. The molecule has 9 heteroatoms. The summed E-state index contributed by atoms with van der Waals surface area (Å²) in [7, 11) is 0. The van der Waals surface area contributed by atoms with Crippen molar-refractivity contribution in [3.05, 3.63) is 28.2 Å². The van der Waals surface area contributed by atoms with Crippen molar-refractivity contribution in [2.45, 2.75) is 39.1 Å². The Balaban J connectivity index is 1.96. The molecule has 1 aromatic rings. The molecule has 1 aliphatic heterocycles. The summed E-state index contributed by atoms with van der Waals surface area (Å²) >= 11 is 0. The van der Waals surface area contributed by atoms with Crippen LogP contribution >= 0.6 is 0 Å². The number of alkyl halides is 3. The van der Waals surface area contributed by atoms with E-state index in [0.29, 0.717) is 19.2 Å². The number of halogens is 3. The fourth-order valence-electron chi connectivity index (χ4n) is 2.14. The zero-order chi connectivity index (χ0) is 17.4. The second kappa shape index (κ2) is 5.86. The lowest BCUT2D eigenvalue weighted by Crippen LogP contribution is -2.53. The maximum atomic E-state index is 12.6. The third-order valence-corrected chi connectivity index (χ3v) is 3.20. The van der Waals surface area contributed by atoms with Crippen LogP contribution in [0.4, 0.5) is 18.0 Å². The van der Waals surface area contributed by atoms with Gasteiger partial charge in [0.25, 0.3) is 5.56 Å². The number of hydrogen-bond acceptors (Lipinski definition) is 4. The van der Waals surface area contributed by atoms with Crippen LogP contribution in [-0.4, -0.2) is 39.5 Å². The van der Waals surface area contributed by atoms with Gasteiger partial charge in [-0.2, -0.15) is 18.3 Å². The number of hydrogen-bond donors (Lipinski definition) is 0. The average molecular weight is 333 g/mol. The Bertz CT molecular complexity index is 643. The minimum Gasteiger partial charge on any atom is -0.444 e. The molecule has 2 heterocycles. The van der Waals surface area contributed by atoms with Crippen LogP contribution in [0.3, 0.4) is 0 Å². The van der Waals surface area contributed by atoms with E-state index < -0.39 is 29.1 Å². The third-order valence-electron chi connectivity index (χ3n) is 3.20. The Morgan fingerprint density at radius 3 is 2.43 bits per heavy atom. The first-order valence-corrected chi connectivity index (χ1v) is 7.09. The number of ether oxygens (including phenoxy) is 1. The normalized spacial score (nSPS) is 16.2. The van der Waals surface area contributed by atoms with Crippen LogP contribution in [0.15, 0.2) is 16.9 Å². The van der Waals surface area contributed by atoms with E-state index in [0.717, 1.165) is 10.7 Å². The molecule has 1 amide bonds. The maximum absolute atomic E-state index is 12.6. The Labute approximate surface area is 130 Å². The van der Waals surface area contributed by atoms with E-state index in [4.69, 9.17) is 4.74 Å². The van der Waals surface area contributed by atoms with E-state index in [1.807, 2.05) is 0 Å². The second-order valence-corrected chi connectivity index (χ2v) is 6.49. The van der Waals surface area contributed by atoms with E-state index >= 15 is 0 Å². The van der Waals surface area contributed by atoms with Crippen molar-refractivity contribution >= 4 is 6.09 Å². The summed E-state index contributed by atoms with van der Waals surface area (Å²) in [6.45, 7) is 5.90. The highest BCUT2D eigenvalue weighted by Gasteiger charge is 2.36. The number of rotatable bonds is 2. The van der Waals surface area contributed by atoms with Gasteiger partial charge < -0.3 is 9.64 Å². The highest BCUT2D eigenvalue weighted by atomic mass is 19.4. The molecular weight excluding hydrogens is 315 g/mol. The molecule has 1 aromatic heterocycles. The molecule has 1 saturated heterocycles. The average Bonchev–Trinajstić information content (AvgIpc) is 2.31. The summed E-state index contributed by atoms with van der Waals surface area (Å²) in [5.41, 5.74) is -2.32. The van der Waals surface area contributed by atoms with Crippen molar-refractivity contribution in [1.82, 2.24) is 14.7 Å². The minimum absolute atomic E-state index is 0.0298. The summed E-state index contributed by atoms with van der Waals surface area (Å²) in [5, 5.41) is 3.34. The maximum Gasteiger partial charge on any atom is 0.435 e. The fourth-order valence-corrected chi connectivity index (χ4v) is 2.14. The summed E-state index contributed by atoms with van der Waals surface area (Å²) in [4.78, 5) is 24.8. The molecule has 0 N–H and O–H groups in total. The Morgan fingerprint density at radius 1 is 1.30 bits per heavy atom. The zero-order valence-electron chi connectivity index (χ0n) is 13.1. The van der Waals surface area contributed by atoms with Crippen molar-refractivity contribution in [2.75, 3.05) is 13.1 Å². The standard InChI is InChI=1S/C14H18F3N3O3/c1-13(2,3)23-12(22)19-6-9(7-19)8-20-11(21)5-4-10(18-20)14(15,16)17/h4-5,9H,6-8H2,1-3H3. The highest BCUT2D eigenvalue weighted by Crippen LogP contribution is 2.26. The number of carbonyl (C=O) groups is 1. The van der Waals surface area contributed by atoms with Gasteiger partial charge in [-0.15, -0.1) is 0 Å². The van der Waals surface area contributed by atoms with Crippen LogP contribution in [0.25, 0.3) is 0 Å². The molecule has 1 aliphatic rings. The molecule has 0 spiro atoms. The Hall–Kier alpha value is -2.06. The van der Waals surface area contributed by atoms with Crippen LogP contribution in [-0.2, 0) is 17.5 Å². The van der Waals surface area contributed by atoms with Crippen molar-refractivity contribution in [1.29, 1.82) is 0 Å². The molecule has 0 atom stereocenters. The second-order valence-electron chi connectivity index (χ2n) is 6.49. The molecule has 0 bridgehead atoms. The predicted octanol–water partition coefficient (Wildman–Crippen LogP) is 2.13. The van der Waals surface area contributed by atoms with Crippen LogP contribution in [0, 0.1) is 5.92 Å². The van der Waals surface area contributed by atoms with Gasteiger partial charge in [0.05, 0.1) is 6.54 Å². The van der Waals surface area contributed by atoms with Crippen molar-refractivity contribution in [2.24, 2.45) is 5.92 Å². The van der Waals surface area contributed by atoms with E-state index in [1.165, 1.54) is 4.90 Å². The van der Waals surface area contributed by atoms with Crippen LogP contribution in [0.5, 0.6) is 0 Å². The van der Waals surface area contributed by atoms with Gasteiger partial charge in [0.2, 0.25) is 0 Å². The fraction of sp³-hybridized carbons (Fsp3) is 0.643. The number of carbonyl (C=O) groups excluding carboxylic acids is 1. The van der Waals surface area contributed by atoms with Gasteiger partial charge in [-0.1, -0.05) is 0 Å². The Morgan fingerprint density at radius 2 is 1.91 bits per heavy atom. The van der Waals surface area contributed by atoms with Gasteiger partial charge >= 0.3 is 12.3 Å².